The highest BCUT2D eigenvalue weighted by Crippen LogP contribution is 2.37. The molecule has 0 aromatic heterocycles. The summed E-state index contributed by atoms with van der Waals surface area (Å²) in [4.78, 5) is 13.0. The smallest absolute Gasteiger partial charge is 0.264 e. The first kappa shape index (κ1) is 22.2. The molecular formula is C24H23ClN2O4S. The van der Waals surface area contributed by atoms with Gasteiger partial charge in [-0.3, -0.25) is 9.10 Å². The number of benzene rings is 3. The second-order valence-corrected chi connectivity index (χ2v) is 9.79. The molecule has 1 aliphatic rings. The van der Waals surface area contributed by atoms with Crippen LogP contribution in [0.1, 0.15) is 29.8 Å². The quantitative estimate of drug-likeness (QED) is 0.541. The number of rotatable bonds is 6. The van der Waals surface area contributed by atoms with Gasteiger partial charge in [-0.1, -0.05) is 23.7 Å². The number of hydrogen-bond acceptors (Lipinski definition) is 4. The van der Waals surface area contributed by atoms with Crippen molar-refractivity contribution >= 4 is 38.9 Å². The van der Waals surface area contributed by atoms with E-state index in [0.717, 1.165) is 5.56 Å². The molecule has 0 unspecified atom stereocenters. The number of halogens is 1. The zero-order valence-electron chi connectivity index (χ0n) is 17.7. The van der Waals surface area contributed by atoms with E-state index in [-0.39, 0.29) is 16.8 Å². The molecule has 1 atom stereocenters. The van der Waals surface area contributed by atoms with Gasteiger partial charge < -0.3 is 10.1 Å². The maximum atomic E-state index is 13.3. The SMILES string of the molecule is CCOc1ccccc1NC(=O)c1ccc2c(c1)C[C@H](C)N2S(=O)(=O)c1ccc(Cl)cc1. The summed E-state index contributed by atoms with van der Waals surface area (Å²) >= 11 is 5.91. The van der Waals surface area contributed by atoms with Gasteiger partial charge in [0.25, 0.3) is 15.9 Å². The lowest BCUT2D eigenvalue weighted by Gasteiger charge is -2.24. The fraction of sp³-hybridized carbons (Fsp3) is 0.208. The van der Waals surface area contributed by atoms with Crippen LogP contribution in [0.25, 0.3) is 0 Å². The number of fused-ring (bicyclic) bond motifs is 1. The molecule has 0 bridgehead atoms. The number of ether oxygens (including phenoxy) is 1. The molecule has 0 aliphatic carbocycles. The van der Waals surface area contributed by atoms with Crippen LogP contribution in [-0.4, -0.2) is 27.0 Å². The Balaban J connectivity index is 1.62. The Labute approximate surface area is 192 Å². The van der Waals surface area contributed by atoms with Crippen LogP contribution in [-0.2, 0) is 16.4 Å². The summed E-state index contributed by atoms with van der Waals surface area (Å²) < 4.78 is 33.5. The van der Waals surface area contributed by atoms with Gasteiger partial charge in [-0.2, -0.15) is 0 Å². The summed E-state index contributed by atoms with van der Waals surface area (Å²) in [6, 6.07) is 18.2. The second-order valence-electron chi connectivity index (χ2n) is 7.53. The maximum Gasteiger partial charge on any atom is 0.264 e. The van der Waals surface area contributed by atoms with E-state index in [1.165, 1.54) is 16.4 Å². The molecule has 6 nitrogen and oxygen atoms in total. The van der Waals surface area contributed by atoms with Crippen LogP contribution in [0.3, 0.4) is 0 Å². The van der Waals surface area contributed by atoms with Crippen LogP contribution in [0, 0.1) is 0 Å². The Morgan fingerprint density at radius 3 is 2.56 bits per heavy atom. The van der Waals surface area contributed by atoms with Crippen LogP contribution in [0.5, 0.6) is 5.75 Å². The Hall–Kier alpha value is -3.03. The number of anilines is 2. The lowest BCUT2D eigenvalue weighted by Crippen LogP contribution is -2.35. The van der Waals surface area contributed by atoms with Crippen molar-refractivity contribution in [3.05, 3.63) is 82.9 Å². The number of carbonyl (C=O) groups is 1. The van der Waals surface area contributed by atoms with E-state index in [1.807, 2.05) is 26.0 Å². The number of hydrogen-bond donors (Lipinski definition) is 1. The van der Waals surface area contributed by atoms with E-state index < -0.39 is 10.0 Å². The Kier molecular flexibility index (Phi) is 6.13. The Morgan fingerprint density at radius 2 is 1.84 bits per heavy atom. The molecule has 1 N–H and O–H groups in total. The molecule has 1 aliphatic heterocycles. The Bertz CT molecular complexity index is 1260. The molecule has 3 aromatic rings. The van der Waals surface area contributed by atoms with Crippen molar-refractivity contribution in [1.29, 1.82) is 0 Å². The van der Waals surface area contributed by atoms with Gasteiger partial charge in [0.15, 0.2) is 0 Å². The van der Waals surface area contributed by atoms with E-state index in [0.29, 0.717) is 40.7 Å². The van der Waals surface area contributed by atoms with Crippen molar-refractivity contribution in [1.82, 2.24) is 0 Å². The van der Waals surface area contributed by atoms with Crippen molar-refractivity contribution in [2.45, 2.75) is 31.2 Å². The van der Waals surface area contributed by atoms with Gasteiger partial charge in [0.2, 0.25) is 0 Å². The van der Waals surface area contributed by atoms with Gasteiger partial charge in [-0.05, 0) is 80.4 Å². The average Bonchev–Trinajstić information content (AvgIpc) is 3.11. The number of sulfonamides is 1. The molecule has 1 heterocycles. The molecule has 8 heteroatoms. The second kappa shape index (κ2) is 8.84. The zero-order chi connectivity index (χ0) is 22.9. The van der Waals surface area contributed by atoms with Crippen molar-refractivity contribution in [2.75, 3.05) is 16.2 Å². The highest BCUT2D eigenvalue weighted by atomic mass is 35.5. The van der Waals surface area contributed by atoms with Crippen LogP contribution in [0.4, 0.5) is 11.4 Å². The molecule has 0 radical (unpaired) electrons. The minimum absolute atomic E-state index is 0.177. The van der Waals surface area contributed by atoms with Crippen LogP contribution >= 0.6 is 11.6 Å². The predicted molar refractivity (Wildman–Crippen MR) is 126 cm³/mol. The van der Waals surface area contributed by atoms with Crippen molar-refractivity contribution < 1.29 is 17.9 Å². The first-order valence-corrected chi connectivity index (χ1v) is 12.1. The molecule has 0 fully saturated rings. The van der Waals surface area contributed by atoms with E-state index in [4.69, 9.17) is 16.3 Å². The summed E-state index contributed by atoms with van der Waals surface area (Å²) in [5.74, 6) is 0.310. The fourth-order valence-electron chi connectivity index (χ4n) is 3.88. The summed E-state index contributed by atoms with van der Waals surface area (Å²) in [6.07, 6.45) is 0.513. The van der Waals surface area contributed by atoms with Gasteiger partial charge in [-0.25, -0.2) is 8.42 Å². The summed E-state index contributed by atoms with van der Waals surface area (Å²) in [5.41, 5.74) is 2.42. The number of carbonyl (C=O) groups excluding carboxylic acids is 1. The number of amides is 1. The van der Waals surface area contributed by atoms with Crippen LogP contribution in [0.15, 0.2) is 71.6 Å². The normalized spacial score (nSPS) is 15.3. The van der Waals surface area contributed by atoms with E-state index in [1.54, 1.807) is 42.5 Å². The van der Waals surface area contributed by atoms with E-state index >= 15 is 0 Å². The molecule has 0 saturated heterocycles. The third-order valence-electron chi connectivity index (χ3n) is 5.30. The van der Waals surface area contributed by atoms with Crippen molar-refractivity contribution in [3.63, 3.8) is 0 Å². The van der Waals surface area contributed by atoms with Gasteiger partial charge in [-0.15, -0.1) is 0 Å². The first-order valence-electron chi connectivity index (χ1n) is 10.3. The standard InChI is InChI=1S/C24H23ClN2O4S/c1-3-31-23-7-5-4-6-21(23)26-24(28)17-8-13-22-18(15-17)14-16(2)27(22)32(29,30)20-11-9-19(25)10-12-20/h4-13,15-16H,3,14H2,1-2H3,(H,26,28)/t16-/m0/s1. The molecule has 166 valence electrons. The highest BCUT2D eigenvalue weighted by Gasteiger charge is 2.36. The maximum absolute atomic E-state index is 13.3. The number of nitrogens with one attached hydrogen (secondary N) is 1. The number of para-hydroxylation sites is 2. The Morgan fingerprint density at radius 1 is 1.12 bits per heavy atom. The molecule has 0 spiro atoms. The minimum atomic E-state index is -3.75. The molecule has 32 heavy (non-hydrogen) atoms. The van der Waals surface area contributed by atoms with E-state index in [9.17, 15) is 13.2 Å². The zero-order valence-corrected chi connectivity index (χ0v) is 19.3. The molecule has 3 aromatic carbocycles. The molecule has 1 amide bonds. The van der Waals surface area contributed by atoms with Crippen molar-refractivity contribution in [3.8, 4) is 5.75 Å². The summed E-state index contributed by atoms with van der Waals surface area (Å²) in [5, 5.41) is 3.35. The van der Waals surface area contributed by atoms with E-state index in [2.05, 4.69) is 5.32 Å². The van der Waals surface area contributed by atoms with Gasteiger partial charge in [0, 0.05) is 16.6 Å². The summed E-state index contributed by atoms with van der Waals surface area (Å²) in [6.45, 7) is 4.22. The third-order valence-corrected chi connectivity index (χ3v) is 7.49. The molecule has 0 saturated carbocycles. The largest absolute Gasteiger partial charge is 0.492 e. The number of nitrogens with zero attached hydrogens (tertiary/aromatic N) is 1. The van der Waals surface area contributed by atoms with Gasteiger partial charge >= 0.3 is 0 Å². The minimum Gasteiger partial charge on any atom is -0.492 e. The van der Waals surface area contributed by atoms with Crippen LogP contribution < -0.4 is 14.4 Å². The monoisotopic (exact) mass is 470 g/mol. The predicted octanol–water partition coefficient (Wildman–Crippen LogP) is 5.13. The highest BCUT2D eigenvalue weighted by molar-refractivity contribution is 7.92. The topological polar surface area (TPSA) is 75.7 Å². The fourth-order valence-corrected chi connectivity index (χ4v) is 5.69. The lowest BCUT2D eigenvalue weighted by molar-refractivity contribution is 0.102. The van der Waals surface area contributed by atoms with Gasteiger partial charge in [0.1, 0.15) is 5.75 Å². The lowest BCUT2D eigenvalue weighted by atomic mass is 10.1. The summed E-state index contributed by atoms with van der Waals surface area (Å²) in [7, 11) is -3.75. The molecular weight excluding hydrogens is 448 g/mol. The van der Waals surface area contributed by atoms with Gasteiger partial charge in [0.05, 0.1) is 22.9 Å². The molecule has 4 rings (SSSR count). The average molecular weight is 471 g/mol. The van der Waals surface area contributed by atoms with Crippen LogP contribution in [0.2, 0.25) is 5.02 Å². The third kappa shape index (κ3) is 4.18. The van der Waals surface area contributed by atoms with Crippen molar-refractivity contribution in [2.24, 2.45) is 0 Å². The first-order chi connectivity index (χ1) is 15.3.